The van der Waals surface area contributed by atoms with Gasteiger partial charge in [-0.2, -0.15) is 0 Å². The lowest BCUT2D eigenvalue weighted by Gasteiger charge is -2.09. The predicted octanol–water partition coefficient (Wildman–Crippen LogP) is 3.10. The summed E-state index contributed by atoms with van der Waals surface area (Å²) < 4.78 is 34.9. The standard InChI is InChI=1S/C13H17FNO3P/c1-3-17-19(16,18-4-2)9-8-15-11-12-6-5-7-13(14)10-12/h5-7,10,15H,3-4,11H2,1-2H3. The smallest absolute Gasteiger partial charge is 0.341 e. The van der Waals surface area contributed by atoms with Crippen molar-refractivity contribution in [2.75, 3.05) is 13.2 Å². The number of hydrogen-bond donors (Lipinski definition) is 1. The van der Waals surface area contributed by atoms with Crippen molar-refractivity contribution in [2.45, 2.75) is 20.4 Å². The number of benzene rings is 1. The molecule has 4 nitrogen and oxygen atoms in total. The van der Waals surface area contributed by atoms with Crippen LogP contribution in [-0.2, 0) is 20.2 Å². The average molecular weight is 285 g/mol. The quantitative estimate of drug-likeness (QED) is 0.495. The molecule has 1 aromatic carbocycles. The summed E-state index contributed by atoms with van der Waals surface area (Å²) in [6, 6.07) is 8.68. The van der Waals surface area contributed by atoms with E-state index in [0.29, 0.717) is 6.54 Å². The van der Waals surface area contributed by atoms with E-state index >= 15 is 0 Å². The van der Waals surface area contributed by atoms with Crippen LogP contribution in [0, 0.1) is 17.5 Å². The fraction of sp³-hybridized carbons (Fsp3) is 0.385. The maximum Gasteiger partial charge on any atom is 0.407 e. The zero-order chi connectivity index (χ0) is 14.1. The summed E-state index contributed by atoms with van der Waals surface area (Å²) in [7, 11) is -3.35. The molecule has 0 aliphatic carbocycles. The molecule has 0 unspecified atom stereocenters. The fourth-order valence-electron chi connectivity index (χ4n) is 1.34. The third-order valence-electron chi connectivity index (χ3n) is 2.06. The first-order valence-corrected chi connectivity index (χ1v) is 7.52. The normalized spacial score (nSPS) is 10.7. The van der Waals surface area contributed by atoms with Crippen LogP contribution in [0.15, 0.2) is 24.3 Å². The van der Waals surface area contributed by atoms with Gasteiger partial charge >= 0.3 is 7.60 Å². The van der Waals surface area contributed by atoms with E-state index in [4.69, 9.17) is 9.05 Å². The largest absolute Gasteiger partial charge is 0.407 e. The van der Waals surface area contributed by atoms with Gasteiger partial charge in [-0.1, -0.05) is 12.1 Å². The van der Waals surface area contributed by atoms with E-state index in [1.165, 1.54) is 12.1 Å². The molecule has 0 aromatic heterocycles. The Morgan fingerprint density at radius 2 is 2.00 bits per heavy atom. The second-order valence-corrected chi connectivity index (χ2v) is 5.29. The Bertz CT molecular complexity index is 500. The molecule has 0 amide bonds. The monoisotopic (exact) mass is 285 g/mol. The van der Waals surface area contributed by atoms with Crippen LogP contribution in [0.25, 0.3) is 0 Å². The van der Waals surface area contributed by atoms with E-state index in [1.807, 2.05) is 0 Å². The molecule has 0 spiro atoms. The summed E-state index contributed by atoms with van der Waals surface area (Å²) in [4.78, 5) is 0. The Balaban J connectivity index is 2.56. The van der Waals surface area contributed by atoms with Crippen LogP contribution in [0.2, 0.25) is 0 Å². The van der Waals surface area contributed by atoms with E-state index in [9.17, 15) is 8.96 Å². The van der Waals surface area contributed by atoms with Gasteiger partial charge in [-0.15, -0.1) is 0 Å². The summed E-state index contributed by atoms with van der Waals surface area (Å²) in [5.41, 5.74) is 3.19. The molecule has 0 atom stereocenters. The molecule has 1 aromatic rings. The molecule has 6 heteroatoms. The Hall–Kier alpha value is -1.34. The van der Waals surface area contributed by atoms with Gasteiger partial charge in [-0.05, 0) is 31.5 Å². The highest BCUT2D eigenvalue weighted by Crippen LogP contribution is 2.46. The van der Waals surface area contributed by atoms with Crippen molar-refractivity contribution >= 4 is 7.60 Å². The molecule has 1 rings (SSSR count). The first-order chi connectivity index (χ1) is 9.09. The van der Waals surface area contributed by atoms with Gasteiger partial charge in [0.2, 0.25) is 0 Å². The van der Waals surface area contributed by atoms with Gasteiger partial charge < -0.3 is 5.32 Å². The minimum atomic E-state index is -3.35. The van der Waals surface area contributed by atoms with Crippen molar-refractivity contribution in [3.8, 4) is 11.7 Å². The van der Waals surface area contributed by atoms with Crippen molar-refractivity contribution in [3.05, 3.63) is 35.6 Å². The third kappa shape index (κ3) is 5.89. The molecule has 0 saturated heterocycles. The number of nitrogens with one attached hydrogen (secondary N) is 1. The lowest BCUT2D eigenvalue weighted by Crippen LogP contribution is -2.05. The van der Waals surface area contributed by atoms with Crippen molar-refractivity contribution in [1.82, 2.24) is 5.32 Å². The van der Waals surface area contributed by atoms with Gasteiger partial charge in [-0.3, -0.25) is 9.05 Å². The predicted molar refractivity (Wildman–Crippen MR) is 71.9 cm³/mol. The first kappa shape index (κ1) is 15.7. The van der Waals surface area contributed by atoms with E-state index in [0.717, 1.165) is 5.56 Å². The molecule has 1 N–H and O–H groups in total. The number of hydrogen-bond acceptors (Lipinski definition) is 4. The molecule has 0 saturated carbocycles. The Morgan fingerprint density at radius 3 is 2.58 bits per heavy atom. The first-order valence-electron chi connectivity index (χ1n) is 5.98. The molecule has 0 radical (unpaired) electrons. The van der Waals surface area contributed by atoms with Crippen LogP contribution in [0.1, 0.15) is 19.4 Å². The topological polar surface area (TPSA) is 47.6 Å². The zero-order valence-corrected chi connectivity index (χ0v) is 11.9. The van der Waals surface area contributed by atoms with Gasteiger partial charge in [0, 0.05) is 18.3 Å². The second kappa shape index (κ2) is 7.96. The van der Waals surface area contributed by atoms with E-state index in [2.05, 4.69) is 17.0 Å². The van der Waals surface area contributed by atoms with Crippen LogP contribution in [0.5, 0.6) is 0 Å². The van der Waals surface area contributed by atoms with Crippen molar-refractivity contribution in [1.29, 1.82) is 0 Å². The van der Waals surface area contributed by atoms with E-state index < -0.39 is 7.60 Å². The number of rotatable bonds is 6. The Kier molecular flexibility index (Phi) is 6.58. The van der Waals surface area contributed by atoms with Gasteiger partial charge in [0.15, 0.2) is 0 Å². The molecule has 0 fully saturated rings. The van der Waals surface area contributed by atoms with E-state index in [-0.39, 0.29) is 19.0 Å². The van der Waals surface area contributed by atoms with Crippen molar-refractivity contribution in [2.24, 2.45) is 0 Å². The molecular weight excluding hydrogens is 268 g/mol. The van der Waals surface area contributed by atoms with Gasteiger partial charge in [0.1, 0.15) is 5.82 Å². The maximum atomic E-state index is 12.9. The highest BCUT2D eigenvalue weighted by molar-refractivity contribution is 7.59. The molecule has 19 heavy (non-hydrogen) atoms. The second-order valence-electron chi connectivity index (χ2n) is 3.55. The summed E-state index contributed by atoms with van der Waals surface area (Å²) >= 11 is 0. The number of halogens is 1. The van der Waals surface area contributed by atoms with Crippen LogP contribution < -0.4 is 5.32 Å². The van der Waals surface area contributed by atoms with Gasteiger partial charge in [0.25, 0.3) is 0 Å². The summed E-state index contributed by atoms with van der Waals surface area (Å²) in [5, 5.41) is 2.74. The van der Waals surface area contributed by atoms with Crippen LogP contribution in [0.4, 0.5) is 4.39 Å². The summed E-state index contributed by atoms with van der Waals surface area (Å²) in [6.07, 6.45) is 0. The zero-order valence-electron chi connectivity index (χ0n) is 11.0. The fourth-order valence-corrected chi connectivity index (χ4v) is 2.44. The van der Waals surface area contributed by atoms with Crippen LogP contribution in [-0.4, -0.2) is 13.2 Å². The lowest BCUT2D eigenvalue weighted by molar-refractivity contribution is 0.230. The molecule has 104 valence electrons. The van der Waals surface area contributed by atoms with Crippen molar-refractivity contribution in [3.63, 3.8) is 0 Å². The molecule has 0 bridgehead atoms. The minimum absolute atomic E-state index is 0.260. The highest BCUT2D eigenvalue weighted by Gasteiger charge is 2.19. The van der Waals surface area contributed by atoms with Gasteiger partial charge in [0.05, 0.1) is 13.2 Å². The van der Waals surface area contributed by atoms with Crippen LogP contribution in [0.3, 0.4) is 0 Å². The SMILES string of the molecule is CCOP(=O)(C#CNCc1cccc(F)c1)OCC. The molecule has 0 heterocycles. The summed E-state index contributed by atoms with van der Waals surface area (Å²) in [6.45, 7) is 4.30. The third-order valence-corrected chi connectivity index (χ3v) is 3.64. The highest BCUT2D eigenvalue weighted by atomic mass is 31.2. The molecular formula is C13H17FNO3P. The lowest BCUT2D eigenvalue weighted by atomic mass is 10.2. The van der Waals surface area contributed by atoms with Gasteiger partial charge in [-0.25, -0.2) is 8.96 Å². The van der Waals surface area contributed by atoms with Crippen LogP contribution >= 0.6 is 7.60 Å². The molecule has 0 aliphatic rings. The minimum Gasteiger partial charge on any atom is -0.341 e. The maximum absolute atomic E-state index is 12.9. The Morgan fingerprint density at radius 1 is 1.32 bits per heavy atom. The molecule has 0 aliphatic heterocycles. The Labute approximate surface area is 112 Å². The van der Waals surface area contributed by atoms with Crippen molar-refractivity contribution < 1.29 is 18.0 Å². The van der Waals surface area contributed by atoms with E-state index in [1.54, 1.807) is 26.0 Å². The average Bonchev–Trinajstić information content (AvgIpc) is 2.35. The summed E-state index contributed by atoms with van der Waals surface area (Å²) in [5.74, 6) is -0.304.